The molecule has 0 radical (unpaired) electrons. The summed E-state index contributed by atoms with van der Waals surface area (Å²) in [5.74, 6) is -0.0248. The van der Waals surface area contributed by atoms with E-state index in [1.165, 1.54) is 20.3 Å². The summed E-state index contributed by atoms with van der Waals surface area (Å²) in [5.41, 5.74) is 2.46. The molecule has 6 heteroatoms. The number of methoxy groups -OCH3 is 2. The number of ether oxygens (including phenoxy) is 3. The molecule has 0 heterocycles. The third-order valence-corrected chi connectivity index (χ3v) is 4.18. The lowest BCUT2D eigenvalue weighted by Gasteiger charge is -2.17. The van der Waals surface area contributed by atoms with Gasteiger partial charge in [-0.15, -0.1) is 0 Å². The predicted octanol–water partition coefficient (Wildman–Crippen LogP) is 3.44. The second kappa shape index (κ2) is 9.62. The van der Waals surface area contributed by atoms with Crippen LogP contribution in [0.4, 0.5) is 0 Å². The molecule has 2 aromatic carbocycles. The number of carbonyl (C=O) groups excluding carboxylic acids is 2. The van der Waals surface area contributed by atoms with E-state index in [2.05, 4.69) is 5.32 Å². The van der Waals surface area contributed by atoms with Crippen LogP contribution in [0.25, 0.3) is 0 Å². The largest absolute Gasteiger partial charge is 0.493 e. The standard InChI is InChI=1S/C21H25NO5/c1-5-17(15-8-6-14(2)7-9-15)22-20(23)13-27-21(24)16-10-11-18(25-3)19(12-16)26-4/h6-12,17H,5,13H2,1-4H3,(H,22,23)/t17-/m1/s1. The molecule has 2 rings (SSSR count). The number of hydrogen-bond acceptors (Lipinski definition) is 5. The lowest BCUT2D eigenvalue weighted by molar-refractivity contribution is -0.125. The molecule has 27 heavy (non-hydrogen) atoms. The van der Waals surface area contributed by atoms with Crippen molar-refractivity contribution in [3.8, 4) is 11.5 Å². The zero-order valence-electron chi connectivity index (χ0n) is 16.1. The summed E-state index contributed by atoms with van der Waals surface area (Å²) in [4.78, 5) is 24.4. The molecule has 0 aliphatic heterocycles. The third kappa shape index (κ3) is 5.48. The molecule has 1 N–H and O–H groups in total. The first-order valence-electron chi connectivity index (χ1n) is 8.73. The SMILES string of the molecule is CC[C@@H](NC(=O)COC(=O)c1ccc(OC)c(OC)c1)c1ccc(C)cc1. The predicted molar refractivity (Wildman–Crippen MR) is 102 cm³/mol. The number of amides is 1. The van der Waals surface area contributed by atoms with Crippen LogP contribution in [-0.2, 0) is 9.53 Å². The maximum absolute atomic E-state index is 12.2. The normalized spacial score (nSPS) is 11.4. The van der Waals surface area contributed by atoms with E-state index in [1.54, 1.807) is 12.1 Å². The van der Waals surface area contributed by atoms with Crippen LogP contribution in [0.1, 0.15) is 40.9 Å². The van der Waals surface area contributed by atoms with Gasteiger partial charge in [0, 0.05) is 0 Å². The molecule has 0 bridgehead atoms. The monoisotopic (exact) mass is 371 g/mol. The highest BCUT2D eigenvalue weighted by molar-refractivity contribution is 5.92. The van der Waals surface area contributed by atoms with Crippen molar-refractivity contribution in [1.29, 1.82) is 0 Å². The van der Waals surface area contributed by atoms with E-state index in [1.807, 2.05) is 38.1 Å². The van der Waals surface area contributed by atoms with Crippen LogP contribution in [0.2, 0.25) is 0 Å². The van der Waals surface area contributed by atoms with Crippen molar-refractivity contribution < 1.29 is 23.8 Å². The van der Waals surface area contributed by atoms with Crippen LogP contribution >= 0.6 is 0 Å². The number of esters is 1. The molecule has 0 saturated heterocycles. The molecule has 0 saturated carbocycles. The molecule has 0 fully saturated rings. The number of aryl methyl sites for hydroxylation is 1. The van der Waals surface area contributed by atoms with Gasteiger partial charge < -0.3 is 19.5 Å². The van der Waals surface area contributed by atoms with E-state index < -0.39 is 5.97 Å². The molecule has 0 spiro atoms. The van der Waals surface area contributed by atoms with Gasteiger partial charge in [0.1, 0.15) is 0 Å². The van der Waals surface area contributed by atoms with Gasteiger partial charge in [0.05, 0.1) is 25.8 Å². The van der Waals surface area contributed by atoms with Crippen LogP contribution in [0.15, 0.2) is 42.5 Å². The van der Waals surface area contributed by atoms with E-state index in [9.17, 15) is 9.59 Å². The summed E-state index contributed by atoms with van der Waals surface area (Å²) in [7, 11) is 2.99. The van der Waals surface area contributed by atoms with E-state index in [-0.39, 0.29) is 24.1 Å². The van der Waals surface area contributed by atoms with Gasteiger partial charge in [-0.2, -0.15) is 0 Å². The van der Waals surface area contributed by atoms with Gasteiger partial charge in [0.15, 0.2) is 18.1 Å². The highest BCUT2D eigenvalue weighted by Gasteiger charge is 2.16. The lowest BCUT2D eigenvalue weighted by Crippen LogP contribution is -2.32. The van der Waals surface area contributed by atoms with Gasteiger partial charge in [-0.3, -0.25) is 4.79 Å². The first kappa shape index (κ1) is 20.3. The van der Waals surface area contributed by atoms with Gasteiger partial charge in [-0.1, -0.05) is 36.8 Å². The fourth-order valence-electron chi connectivity index (χ4n) is 2.63. The Morgan fingerprint density at radius 2 is 1.67 bits per heavy atom. The van der Waals surface area contributed by atoms with E-state index in [0.717, 1.165) is 17.5 Å². The Hall–Kier alpha value is -3.02. The highest BCUT2D eigenvalue weighted by Crippen LogP contribution is 2.27. The van der Waals surface area contributed by atoms with Crippen LogP contribution in [0.3, 0.4) is 0 Å². The maximum atomic E-state index is 12.2. The minimum atomic E-state index is -0.602. The molecule has 0 aliphatic rings. The van der Waals surface area contributed by atoms with Gasteiger partial charge >= 0.3 is 5.97 Å². The fraction of sp³-hybridized carbons (Fsp3) is 0.333. The van der Waals surface area contributed by atoms with E-state index >= 15 is 0 Å². The van der Waals surface area contributed by atoms with Crippen molar-refractivity contribution in [3.05, 3.63) is 59.2 Å². The van der Waals surface area contributed by atoms with Crippen molar-refractivity contribution in [2.45, 2.75) is 26.3 Å². The first-order valence-corrected chi connectivity index (χ1v) is 8.73. The zero-order valence-corrected chi connectivity index (χ0v) is 16.1. The summed E-state index contributed by atoms with van der Waals surface area (Å²) in [5, 5.41) is 2.89. The Bertz CT molecular complexity index is 786. The van der Waals surface area contributed by atoms with E-state index in [0.29, 0.717) is 11.5 Å². The summed E-state index contributed by atoms with van der Waals surface area (Å²) >= 11 is 0. The fourth-order valence-corrected chi connectivity index (χ4v) is 2.63. The van der Waals surface area contributed by atoms with Crippen molar-refractivity contribution in [1.82, 2.24) is 5.32 Å². The number of carbonyl (C=O) groups is 2. The molecule has 0 unspecified atom stereocenters. The number of benzene rings is 2. The average molecular weight is 371 g/mol. The molecule has 0 aromatic heterocycles. The Labute approximate surface area is 159 Å². The minimum absolute atomic E-state index is 0.127. The minimum Gasteiger partial charge on any atom is -0.493 e. The van der Waals surface area contributed by atoms with Gasteiger partial charge in [-0.25, -0.2) is 4.79 Å². The van der Waals surface area contributed by atoms with Gasteiger partial charge in [0.2, 0.25) is 0 Å². The van der Waals surface area contributed by atoms with Crippen molar-refractivity contribution in [2.75, 3.05) is 20.8 Å². The highest BCUT2D eigenvalue weighted by atomic mass is 16.5. The molecule has 1 atom stereocenters. The maximum Gasteiger partial charge on any atom is 0.338 e. The van der Waals surface area contributed by atoms with Crippen molar-refractivity contribution in [3.63, 3.8) is 0 Å². The second-order valence-corrected chi connectivity index (χ2v) is 6.08. The first-order chi connectivity index (χ1) is 13.0. The van der Waals surface area contributed by atoms with Crippen molar-refractivity contribution >= 4 is 11.9 Å². The Morgan fingerprint density at radius 3 is 2.26 bits per heavy atom. The molecule has 6 nitrogen and oxygen atoms in total. The quantitative estimate of drug-likeness (QED) is 0.720. The molecular formula is C21H25NO5. The van der Waals surface area contributed by atoms with Crippen LogP contribution in [0.5, 0.6) is 11.5 Å². The summed E-state index contributed by atoms with van der Waals surface area (Å²) in [6.45, 7) is 3.65. The number of hydrogen-bond donors (Lipinski definition) is 1. The number of nitrogens with one attached hydrogen (secondary N) is 1. The summed E-state index contributed by atoms with van der Waals surface area (Å²) in [6.07, 6.45) is 0.735. The molecule has 144 valence electrons. The average Bonchev–Trinajstić information content (AvgIpc) is 2.70. The molecule has 1 amide bonds. The third-order valence-electron chi connectivity index (χ3n) is 4.18. The number of rotatable bonds is 8. The summed E-state index contributed by atoms with van der Waals surface area (Å²) in [6, 6.07) is 12.5. The Balaban J connectivity index is 1.94. The van der Waals surface area contributed by atoms with Gasteiger partial charge in [-0.05, 0) is 37.1 Å². The smallest absolute Gasteiger partial charge is 0.338 e. The lowest BCUT2D eigenvalue weighted by atomic mass is 10.0. The van der Waals surface area contributed by atoms with Gasteiger partial charge in [0.25, 0.3) is 5.91 Å². The Kier molecular flexibility index (Phi) is 7.23. The van der Waals surface area contributed by atoms with E-state index in [4.69, 9.17) is 14.2 Å². The second-order valence-electron chi connectivity index (χ2n) is 6.08. The van der Waals surface area contributed by atoms with Crippen LogP contribution in [0, 0.1) is 6.92 Å². The Morgan fingerprint density at radius 1 is 1.00 bits per heavy atom. The molecular weight excluding hydrogens is 346 g/mol. The molecule has 2 aromatic rings. The summed E-state index contributed by atoms with van der Waals surface area (Å²) < 4.78 is 15.4. The van der Waals surface area contributed by atoms with Crippen LogP contribution < -0.4 is 14.8 Å². The topological polar surface area (TPSA) is 73.9 Å². The zero-order chi connectivity index (χ0) is 19.8. The van der Waals surface area contributed by atoms with Crippen LogP contribution in [-0.4, -0.2) is 32.7 Å². The van der Waals surface area contributed by atoms with Crippen molar-refractivity contribution in [2.24, 2.45) is 0 Å². The molecule has 0 aliphatic carbocycles.